The molecule has 8 aromatic rings. The molecule has 8 rings (SSSR count). The third kappa shape index (κ3) is 5.28. The van der Waals surface area contributed by atoms with Crippen molar-refractivity contribution in [2.24, 2.45) is 0 Å². The van der Waals surface area contributed by atoms with Crippen LogP contribution in [0.15, 0.2) is 163 Å². The summed E-state index contributed by atoms with van der Waals surface area (Å²) in [6.07, 6.45) is 5.30. The number of aromatic nitrogens is 4. The monoisotopic (exact) mass is 578 g/mol. The minimum Gasteiger partial charge on any atom is -0.446 e. The van der Waals surface area contributed by atoms with Crippen molar-refractivity contribution in [3.63, 3.8) is 0 Å². The number of rotatable bonds is 6. The van der Waals surface area contributed by atoms with Crippen molar-refractivity contribution in [2.45, 2.75) is 0 Å². The van der Waals surface area contributed by atoms with E-state index in [9.17, 15) is 0 Å². The zero-order valence-electron chi connectivity index (χ0n) is 24.2. The second kappa shape index (κ2) is 11.5. The number of hydrogen-bond donors (Lipinski definition) is 0. The highest BCUT2D eigenvalue weighted by atomic mass is 16.3. The third-order valence-electron chi connectivity index (χ3n) is 7.92. The fourth-order valence-electron chi connectivity index (χ4n) is 5.62. The third-order valence-corrected chi connectivity index (χ3v) is 7.92. The van der Waals surface area contributed by atoms with Gasteiger partial charge < -0.3 is 4.42 Å². The maximum atomic E-state index is 5.82. The summed E-state index contributed by atoms with van der Waals surface area (Å²) in [6, 6.07) is 47.6. The minimum absolute atomic E-state index is 0.560. The van der Waals surface area contributed by atoms with E-state index >= 15 is 0 Å². The Morgan fingerprint density at radius 2 is 0.933 bits per heavy atom. The molecule has 0 aliphatic carbocycles. The summed E-state index contributed by atoms with van der Waals surface area (Å²) in [4.78, 5) is 19.0. The van der Waals surface area contributed by atoms with Crippen LogP contribution in [0, 0.1) is 0 Å². The van der Waals surface area contributed by atoms with Gasteiger partial charge in [0.2, 0.25) is 5.71 Å². The highest BCUT2D eigenvalue weighted by Crippen LogP contribution is 2.36. The summed E-state index contributed by atoms with van der Waals surface area (Å²) < 4.78 is 5.82. The number of furan rings is 1. The molecule has 0 fully saturated rings. The first kappa shape index (κ1) is 26.4. The molecule has 4 aromatic heterocycles. The van der Waals surface area contributed by atoms with Crippen molar-refractivity contribution in [3.8, 4) is 67.4 Å². The van der Waals surface area contributed by atoms with Crippen LogP contribution in [0.25, 0.3) is 78.5 Å². The van der Waals surface area contributed by atoms with Crippen molar-refractivity contribution in [1.82, 2.24) is 19.9 Å². The van der Waals surface area contributed by atoms with Gasteiger partial charge in [-0.05, 0) is 70.8 Å². The van der Waals surface area contributed by atoms with Gasteiger partial charge in [0.1, 0.15) is 0 Å². The standard InChI is InChI=1S/C40H26N4O/c1-2-8-31(9-3-1)38-35-20-23-45-40(35)44-39(43-38)34-25-32(27-12-16-29(17-13-27)36-10-4-6-21-41-36)24-33(26-34)28-14-18-30(19-15-28)37-11-5-7-22-42-37/h1-26H. The van der Waals surface area contributed by atoms with Crippen molar-refractivity contribution < 1.29 is 4.42 Å². The molecule has 0 aliphatic heterocycles. The molecule has 0 spiro atoms. The molecule has 5 nitrogen and oxygen atoms in total. The average molecular weight is 579 g/mol. The second-order valence-corrected chi connectivity index (χ2v) is 10.8. The molecule has 0 amide bonds. The van der Waals surface area contributed by atoms with Crippen LogP contribution in [0.5, 0.6) is 0 Å². The summed E-state index contributed by atoms with van der Waals surface area (Å²) in [5.41, 5.74) is 11.7. The maximum absolute atomic E-state index is 5.82. The van der Waals surface area contributed by atoms with Gasteiger partial charge in [0, 0.05) is 34.6 Å². The first-order chi connectivity index (χ1) is 22.3. The van der Waals surface area contributed by atoms with Gasteiger partial charge in [-0.3, -0.25) is 9.97 Å². The Kier molecular flexibility index (Phi) is 6.74. The Hall–Kier alpha value is -6.20. The molecule has 45 heavy (non-hydrogen) atoms. The molecule has 0 atom stereocenters. The zero-order valence-corrected chi connectivity index (χ0v) is 24.2. The molecule has 0 N–H and O–H groups in total. The highest BCUT2D eigenvalue weighted by Gasteiger charge is 2.16. The molecule has 0 bridgehead atoms. The Morgan fingerprint density at radius 3 is 1.49 bits per heavy atom. The fraction of sp³-hybridized carbons (Fsp3) is 0. The number of nitrogens with zero attached hydrogens (tertiary/aromatic N) is 4. The predicted molar refractivity (Wildman–Crippen MR) is 180 cm³/mol. The molecule has 4 aromatic carbocycles. The van der Waals surface area contributed by atoms with Crippen LogP contribution in [-0.2, 0) is 0 Å². The van der Waals surface area contributed by atoms with Gasteiger partial charge in [0.05, 0.1) is 28.7 Å². The lowest BCUT2D eigenvalue weighted by molar-refractivity contribution is 0.603. The van der Waals surface area contributed by atoms with E-state index in [4.69, 9.17) is 14.4 Å². The van der Waals surface area contributed by atoms with Crippen LogP contribution >= 0.6 is 0 Å². The first-order valence-corrected chi connectivity index (χ1v) is 14.8. The fourth-order valence-corrected chi connectivity index (χ4v) is 5.62. The van der Waals surface area contributed by atoms with Gasteiger partial charge >= 0.3 is 0 Å². The SMILES string of the molecule is c1ccc(-c2nc(-c3cc(-c4ccc(-c5ccccn5)cc4)cc(-c4ccc(-c5ccccn5)cc4)c3)nc3occc23)cc1. The average Bonchev–Trinajstić information content (AvgIpc) is 3.61. The molecule has 0 radical (unpaired) electrons. The number of pyridine rings is 2. The van der Waals surface area contributed by atoms with Gasteiger partial charge in [0.15, 0.2) is 5.82 Å². The Balaban J connectivity index is 1.27. The molecule has 5 heteroatoms. The lowest BCUT2D eigenvalue weighted by Crippen LogP contribution is -1.95. The van der Waals surface area contributed by atoms with Crippen LogP contribution in [0.2, 0.25) is 0 Å². The van der Waals surface area contributed by atoms with Gasteiger partial charge in [0.25, 0.3) is 0 Å². The van der Waals surface area contributed by atoms with Crippen LogP contribution in [-0.4, -0.2) is 19.9 Å². The maximum Gasteiger partial charge on any atom is 0.230 e. The second-order valence-electron chi connectivity index (χ2n) is 10.8. The molecular formula is C40H26N4O. The van der Waals surface area contributed by atoms with E-state index in [0.717, 1.165) is 67.0 Å². The van der Waals surface area contributed by atoms with Crippen LogP contribution in [0.3, 0.4) is 0 Å². The van der Waals surface area contributed by atoms with Crippen molar-refractivity contribution in [3.05, 3.63) is 158 Å². The predicted octanol–water partition coefficient (Wildman–Crippen LogP) is 10.0. The minimum atomic E-state index is 0.560. The molecule has 0 unspecified atom stereocenters. The summed E-state index contributed by atoms with van der Waals surface area (Å²) in [6.45, 7) is 0. The van der Waals surface area contributed by atoms with Crippen molar-refractivity contribution in [1.29, 1.82) is 0 Å². The normalized spacial score (nSPS) is 11.1. The summed E-state index contributed by atoms with van der Waals surface area (Å²) in [5, 5.41) is 0.886. The number of fused-ring (bicyclic) bond motifs is 1. The smallest absolute Gasteiger partial charge is 0.230 e. The molecule has 212 valence electrons. The van der Waals surface area contributed by atoms with E-state index in [1.807, 2.05) is 73.1 Å². The molecule has 0 aliphatic rings. The van der Waals surface area contributed by atoms with E-state index < -0.39 is 0 Å². The topological polar surface area (TPSA) is 64.7 Å². The van der Waals surface area contributed by atoms with E-state index in [1.54, 1.807) is 6.26 Å². The van der Waals surface area contributed by atoms with Crippen molar-refractivity contribution in [2.75, 3.05) is 0 Å². The Morgan fingerprint density at radius 1 is 0.400 bits per heavy atom. The summed E-state index contributed by atoms with van der Waals surface area (Å²) in [5.74, 6) is 0.606. The Labute approximate surface area is 260 Å². The van der Waals surface area contributed by atoms with Crippen LogP contribution in [0.1, 0.15) is 0 Å². The van der Waals surface area contributed by atoms with Gasteiger partial charge in [-0.15, -0.1) is 0 Å². The lowest BCUT2D eigenvalue weighted by atomic mass is 9.94. The molecule has 0 saturated heterocycles. The summed E-state index contributed by atoms with van der Waals surface area (Å²) >= 11 is 0. The van der Waals surface area contributed by atoms with Gasteiger partial charge in [-0.25, -0.2) is 4.98 Å². The summed E-state index contributed by atoms with van der Waals surface area (Å²) in [7, 11) is 0. The van der Waals surface area contributed by atoms with Gasteiger partial charge in [-0.1, -0.05) is 91.0 Å². The van der Waals surface area contributed by atoms with E-state index in [2.05, 4.69) is 88.8 Å². The van der Waals surface area contributed by atoms with E-state index in [-0.39, 0.29) is 0 Å². The van der Waals surface area contributed by atoms with Crippen molar-refractivity contribution >= 4 is 11.1 Å². The van der Waals surface area contributed by atoms with Crippen LogP contribution < -0.4 is 0 Å². The molecule has 0 saturated carbocycles. The number of hydrogen-bond acceptors (Lipinski definition) is 5. The van der Waals surface area contributed by atoms with E-state index in [0.29, 0.717) is 11.5 Å². The zero-order chi connectivity index (χ0) is 30.0. The lowest BCUT2D eigenvalue weighted by Gasteiger charge is -2.12. The Bertz CT molecular complexity index is 2130. The largest absolute Gasteiger partial charge is 0.446 e. The highest BCUT2D eigenvalue weighted by molar-refractivity contribution is 5.91. The van der Waals surface area contributed by atoms with E-state index in [1.165, 1.54) is 0 Å². The molecule has 4 heterocycles. The number of benzene rings is 4. The van der Waals surface area contributed by atoms with Crippen LogP contribution in [0.4, 0.5) is 0 Å². The quantitative estimate of drug-likeness (QED) is 0.196. The first-order valence-electron chi connectivity index (χ1n) is 14.8. The van der Waals surface area contributed by atoms with Gasteiger partial charge in [-0.2, -0.15) is 4.98 Å². The molecular weight excluding hydrogens is 552 g/mol.